The van der Waals surface area contributed by atoms with E-state index in [-0.39, 0.29) is 11.0 Å². The third-order valence-electron chi connectivity index (χ3n) is 3.99. The highest BCUT2D eigenvalue weighted by Gasteiger charge is 2.41. The third kappa shape index (κ3) is 3.96. The van der Waals surface area contributed by atoms with Crippen LogP contribution < -0.4 is 0 Å². The van der Waals surface area contributed by atoms with Gasteiger partial charge in [0.25, 0.3) is 0 Å². The van der Waals surface area contributed by atoms with Crippen LogP contribution in [0.15, 0.2) is 0 Å². The lowest BCUT2D eigenvalue weighted by Crippen LogP contribution is -2.54. The van der Waals surface area contributed by atoms with E-state index in [9.17, 15) is 5.11 Å². The fourth-order valence-corrected chi connectivity index (χ4v) is 2.99. The molecule has 1 fully saturated rings. The summed E-state index contributed by atoms with van der Waals surface area (Å²) < 4.78 is 0. The van der Waals surface area contributed by atoms with Gasteiger partial charge in [0.15, 0.2) is 0 Å². The highest BCUT2D eigenvalue weighted by atomic mass is 16.3. The van der Waals surface area contributed by atoms with E-state index in [1.54, 1.807) is 0 Å². The van der Waals surface area contributed by atoms with Crippen molar-refractivity contribution in [1.82, 2.24) is 4.90 Å². The topological polar surface area (TPSA) is 23.5 Å². The molecule has 2 nitrogen and oxygen atoms in total. The van der Waals surface area contributed by atoms with Gasteiger partial charge in [0.2, 0.25) is 0 Å². The molecule has 0 amide bonds. The van der Waals surface area contributed by atoms with E-state index in [1.807, 2.05) is 6.92 Å². The molecule has 1 aliphatic heterocycles. The second kappa shape index (κ2) is 4.55. The fraction of sp³-hybridized carbons (Fsp3) is 1.00. The number of rotatable bonds is 0. The molecule has 2 unspecified atom stereocenters. The van der Waals surface area contributed by atoms with E-state index in [0.29, 0.717) is 6.04 Å². The lowest BCUT2D eigenvalue weighted by molar-refractivity contribution is -0.0209. The van der Waals surface area contributed by atoms with Crippen LogP contribution in [-0.2, 0) is 0 Å². The average molecular weight is 241 g/mol. The van der Waals surface area contributed by atoms with Gasteiger partial charge in [-0.1, -0.05) is 20.8 Å². The molecule has 2 atom stereocenters. The second-order valence-electron chi connectivity index (χ2n) is 8.05. The summed E-state index contributed by atoms with van der Waals surface area (Å²) >= 11 is 0. The minimum absolute atomic E-state index is 0.179. The van der Waals surface area contributed by atoms with Gasteiger partial charge in [0.1, 0.15) is 0 Å². The molecule has 2 heteroatoms. The molecule has 0 bridgehead atoms. The number of aliphatic hydroxyl groups is 1. The Morgan fingerprint density at radius 2 is 1.65 bits per heavy atom. The maximum atomic E-state index is 10.4. The molecule has 1 aliphatic rings. The molecule has 1 saturated heterocycles. The van der Waals surface area contributed by atoms with E-state index in [1.165, 1.54) is 0 Å². The molecule has 0 aliphatic carbocycles. The quantitative estimate of drug-likeness (QED) is 0.702. The summed E-state index contributed by atoms with van der Waals surface area (Å²) in [6, 6.07) is 0.444. The molecule has 1 heterocycles. The van der Waals surface area contributed by atoms with Gasteiger partial charge >= 0.3 is 0 Å². The Hall–Kier alpha value is -0.0800. The lowest BCUT2D eigenvalue weighted by Gasteiger charge is -2.47. The number of hydrogen-bond acceptors (Lipinski definition) is 2. The Morgan fingerprint density at radius 3 is 2.06 bits per heavy atom. The monoisotopic (exact) mass is 241 g/mol. The van der Waals surface area contributed by atoms with E-state index >= 15 is 0 Å². The maximum Gasteiger partial charge on any atom is 0.0635 e. The van der Waals surface area contributed by atoms with Crippen molar-refractivity contribution in [3.8, 4) is 0 Å². The highest BCUT2D eigenvalue weighted by molar-refractivity contribution is 4.96. The summed E-state index contributed by atoms with van der Waals surface area (Å²) in [5.74, 6) is 0. The minimum Gasteiger partial charge on any atom is -0.390 e. The zero-order valence-electron chi connectivity index (χ0n) is 12.8. The van der Waals surface area contributed by atoms with Crippen LogP contribution in [0.4, 0.5) is 0 Å². The molecular weight excluding hydrogens is 210 g/mol. The van der Waals surface area contributed by atoms with Crippen molar-refractivity contribution in [3.05, 3.63) is 0 Å². The van der Waals surface area contributed by atoms with Crippen molar-refractivity contribution < 1.29 is 5.11 Å². The number of hydrogen-bond donors (Lipinski definition) is 1. The Balaban J connectivity index is 3.03. The Bertz CT molecular complexity index is 257. The van der Waals surface area contributed by atoms with Crippen LogP contribution in [-0.4, -0.2) is 33.7 Å². The van der Waals surface area contributed by atoms with Gasteiger partial charge in [-0.2, -0.15) is 0 Å². The first-order valence-electron chi connectivity index (χ1n) is 6.93. The zero-order chi connectivity index (χ0) is 13.5. The van der Waals surface area contributed by atoms with Gasteiger partial charge in [-0.25, -0.2) is 0 Å². The largest absolute Gasteiger partial charge is 0.390 e. The molecule has 1 rings (SSSR count). The minimum atomic E-state index is -0.502. The molecule has 17 heavy (non-hydrogen) atoms. The smallest absolute Gasteiger partial charge is 0.0635 e. The standard InChI is InChI=1S/C15H31NO/c1-13(2,3)12-11-15(7,17)9-8-10-16(12)14(4,5)6/h12,17H,8-11H2,1-7H3. The van der Waals surface area contributed by atoms with Crippen molar-refractivity contribution in [1.29, 1.82) is 0 Å². The van der Waals surface area contributed by atoms with Gasteiger partial charge in [-0.05, 0) is 58.9 Å². The van der Waals surface area contributed by atoms with Crippen molar-refractivity contribution >= 4 is 0 Å². The highest BCUT2D eigenvalue weighted by Crippen LogP contribution is 2.38. The van der Waals surface area contributed by atoms with Gasteiger partial charge in [0.05, 0.1) is 5.60 Å². The average Bonchev–Trinajstić information content (AvgIpc) is 2.20. The SMILES string of the molecule is CC1(O)CCCN(C(C)(C)C)C(C(C)(C)C)C1. The van der Waals surface area contributed by atoms with Crippen LogP contribution in [0.25, 0.3) is 0 Å². The molecular formula is C15H31NO. The lowest BCUT2D eigenvalue weighted by atomic mass is 9.78. The zero-order valence-corrected chi connectivity index (χ0v) is 12.8. The molecule has 0 spiro atoms. The first-order chi connectivity index (χ1) is 7.43. The van der Waals surface area contributed by atoms with Crippen LogP contribution >= 0.6 is 0 Å². The van der Waals surface area contributed by atoms with Crippen LogP contribution in [0.1, 0.15) is 67.7 Å². The summed E-state index contributed by atoms with van der Waals surface area (Å²) in [6.07, 6.45) is 2.90. The van der Waals surface area contributed by atoms with Crippen molar-refractivity contribution in [3.63, 3.8) is 0 Å². The van der Waals surface area contributed by atoms with Gasteiger partial charge in [0, 0.05) is 11.6 Å². The van der Waals surface area contributed by atoms with Crippen molar-refractivity contribution in [2.45, 2.75) is 84.9 Å². The Labute approximate surface area is 107 Å². The van der Waals surface area contributed by atoms with E-state index < -0.39 is 5.60 Å². The van der Waals surface area contributed by atoms with E-state index in [0.717, 1.165) is 25.8 Å². The maximum absolute atomic E-state index is 10.4. The Kier molecular flexibility index (Phi) is 4.01. The van der Waals surface area contributed by atoms with Crippen LogP contribution in [0.5, 0.6) is 0 Å². The van der Waals surface area contributed by atoms with Crippen LogP contribution in [0.3, 0.4) is 0 Å². The van der Waals surface area contributed by atoms with Gasteiger partial charge < -0.3 is 5.11 Å². The molecule has 0 aromatic rings. The first-order valence-corrected chi connectivity index (χ1v) is 6.93. The van der Waals surface area contributed by atoms with Gasteiger partial charge in [-0.15, -0.1) is 0 Å². The number of nitrogens with zero attached hydrogens (tertiary/aromatic N) is 1. The summed E-state index contributed by atoms with van der Waals surface area (Å²) in [6.45, 7) is 16.8. The van der Waals surface area contributed by atoms with Gasteiger partial charge in [-0.3, -0.25) is 4.90 Å². The first kappa shape index (κ1) is 15.0. The molecule has 0 radical (unpaired) electrons. The number of likely N-dealkylation sites (tertiary alicyclic amines) is 1. The summed E-state index contributed by atoms with van der Waals surface area (Å²) in [5.41, 5.74) is -0.113. The molecule has 0 saturated carbocycles. The molecule has 0 aromatic carbocycles. The Morgan fingerprint density at radius 1 is 1.12 bits per heavy atom. The van der Waals surface area contributed by atoms with Crippen molar-refractivity contribution in [2.75, 3.05) is 6.54 Å². The molecule has 1 N–H and O–H groups in total. The predicted octanol–water partition coefficient (Wildman–Crippen LogP) is 3.44. The summed E-state index contributed by atoms with van der Waals surface area (Å²) in [5, 5.41) is 10.4. The molecule has 0 aromatic heterocycles. The van der Waals surface area contributed by atoms with Crippen LogP contribution in [0, 0.1) is 5.41 Å². The fourth-order valence-electron chi connectivity index (χ4n) is 2.99. The second-order valence-corrected chi connectivity index (χ2v) is 8.05. The van der Waals surface area contributed by atoms with Crippen LogP contribution in [0.2, 0.25) is 0 Å². The third-order valence-corrected chi connectivity index (χ3v) is 3.99. The normalized spacial score (nSPS) is 33.5. The van der Waals surface area contributed by atoms with E-state index in [4.69, 9.17) is 0 Å². The summed E-state index contributed by atoms with van der Waals surface area (Å²) in [7, 11) is 0. The van der Waals surface area contributed by atoms with E-state index in [2.05, 4.69) is 46.4 Å². The summed E-state index contributed by atoms with van der Waals surface area (Å²) in [4.78, 5) is 2.59. The molecule has 102 valence electrons. The predicted molar refractivity (Wildman–Crippen MR) is 74.2 cm³/mol. The van der Waals surface area contributed by atoms with Crippen molar-refractivity contribution in [2.24, 2.45) is 5.41 Å².